The van der Waals surface area contributed by atoms with Crippen LogP contribution >= 0.6 is 0 Å². The van der Waals surface area contributed by atoms with Crippen LogP contribution in [-0.4, -0.2) is 21.3 Å². The average molecular weight is 242 g/mol. The predicted octanol–water partition coefficient (Wildman–Crippen LogP) is 1.73. The van der Waals surface area contributed by atoms with E-state index >= 15 is 0 Å². The second-order valence-corrected chi connectivity index (χ2v) is 4.72. The van der Waals surface area contributed by atoms with Crippen LogP contribution < -0.4 is 5.32 Å². The lowest BCUT2D eigenvalue weighted by Gasteiger charge is -2.30. The van der Waals surface area contributed by atoms with Crippen LogP contribution in [0.1, 0.15) is 29.8 Å². The molecule has 3 rings (SSSR count). The molecule has 1 N–H and O–H groups in total. The van der Waals surface area contributed by atoms with Gasteiger partial charge >= 0.3 is 0 Å². The molecule has 0 fully saturated rings. The highest BCUT2D eigenvalue weighted by molar-refractivity contribution is 5.40. The lowest BCUT2D eigenvalue weighted by molar-refractivity contribution is 0.511. The third kappa shape index (κ3) is 2.04. The fourth-order valence-electron chi connectivity index (χ4n) is 2.59. The Balaban J connectivity index is 1.52. The number of benzene rings is 1. The van der Waals surface area contributed by atoms with E-state index in [0.717, 1.165) is 25.5 Å². The van der Waals surface area contributed by atoms with Crippen molar-refractivity contribution in [3.05, 3.63) is 47.5 Å². The molecule has 2 aromatic rings. The molecule has 1 heterocycles. The van der Waals surface area contributed by atoms with Crippen molar-refractivity contribution in [2.45, 2.75) is 32.4 Å². The van der Waals surface area contributed by atoms with E-state index in [-0.39, 0.29) is 0 Å². The SMILES string of the molecule is CCn1ncnc1CNCC1Cc2ccccc21. The zero-order valence-corrected chi connectivity index (χ0v) is 10.6. The van der Waals surface area contributed by atoms with Crippen LogP contribution in [0, 0.1) is 0 Å². The fourth-order valence-corrected chi connectivity index (χ4v) is 2.59. The largest absolute Gasteiger partial charge is 0.309 e. The molecule has 1 unspecified atom stereocenters. The fraction of sp³-hybridized carbons (Fsp3) is 0.429. The van der Waals surface area contributed by atoms with Gasteiger partial charge in [0.05, 0.1) is 6.54 Å². The molecule has 1 aromatic heterocycles. The average Bonchev–Trinajstić information content (AvgIpc) is 2.82. The van der Waals surface area contributed by atoms with Crippen molar-refractivity contribution < 1.29 is 0 Å². The quantitative estimate of drug-likeness (QED) is 0.868. The van der Waals surface area contributed by atoms with Gasteiger partial charge in [0.1, 0.15) is 12.2 Å². The lowest BCUT2D eigenvalue weighted by atomic mass is 9.78. The summed E-state index contributed by atoms with van der Waals surface area (Å²) in [4.78, 5) is 4.26. The zero-order chi connectivity index (χ0) is 12.4. The molecule has 0 saturated heterocycles. The highest BCUT2D eigenvalue weighted by Gasteiger charge is 2.24. The van der Waals surface area contributed by atoms with Gasteiger partial charge in [-0.1, -0.05) is 24.3 Å². The summed E-state index contributed by atoms with van der Waals surface area (Å²) < 4.78 is 1.93. The van der Waals surface area contributed by atoms with Gasteiger partial charge in [-0.3, -0.25) is 0 Å². The van der Waals surface area contributed by atoms with E-state index in [4.69, 9.17) is 0 Å². The Morgan fingerprint density at radius 1 is 1.39 bits per heavy atom. The Morgan fingerprint density at radius 2 is 2.28 bits per heavy atom. The Kier molecular flexibility index (Phi) is 3.11. The van der Waals surface area contributed by atoms with Gasteiger partial charge in [0, 0.05) is 19.0 Å². The van der Waals surface area contributed by atoms with E-state index < -0.39 is 0 Å². The summed E-state index contributed by atoms with van der Waals surface area (Å²) in [5, 5.41) is 7.65. The molecule has 0 amide bonds. The van der Waals surface area contributed by atoms with Crippen molar-refractivity contribution >= 4 is 0 Å². The summed E-state index contributed by atoms with van der Waals surface area (Å²) >= 11 is 0. The lowest BCUT2D eigenvalue weighted by Crippen LogP contribution is -2.29. The zero-order valence-electron chi connectivity index (χ0n) is 10.6. The van der Waals surface area contributed by atoms with Crippen molar-refractivity contribution in [3.8, 4) is 0 Å². The van der Waals surface area contributed by atoms with Gasteiger partial charge in [-0.05, 0) is 24.5 Å². The van der Waals surface area contributed by atoms with Crippen LogP contribution in [0.2, 0.25) is 0 Å². The van der Waals surface area contributed by atoms with Gasteiger partial charge in [0.15, 0.2) is 0 Å². The molecule has 4 heteroatoms. The Labute approximate surface area is 107 Å². The van der Waals surface area contributed by atoms with E-state index in [2.05, 4.69) is 46.6 Å². The Hall–Kier alpha value is -1.68. The van der Waals surface area contributed by atoms with E-state index in [1.165, 1.54) is 17.5 Å². The Bertz CT molecular complexity index is 532. The third-order valence-electron chi connectivity index (χ3n) is 3.63. The second kappa shape index (κ2) is 4.90. The molecular formula is C14H18N4. The highest BCUT2D eigenvalue weighted by Crippen LogP contribution is 2.33. The summed E-state index contributed by atoms with van der Waals surface area (Å²) in [5.74, 6) is 1.68. The van der Waals surface area contributed by atoms with Crippen LogP contribution in [0.3, 0.4) is 0 Å². The Morgan fingerprint density at radius 3 is 3.11 bits per heavy atom. The highest BCUT2D eigenvalue weighted by atomic mass is 15.3. The summed E-state index contributed by atoms with van der Waals surface area (Å²) in [6.07, 6.45) is 2.82. The molecule has 0 spiro atoms. The van der Waals surface area contributed by atoms with Gasteiger partial charge < -0.3 is 5.32 Å². The van der Waals surface area contributed by atoms with Crippen molar-refractivity contribution in [2.24, 2.45) is 0 Å². The molecular weight excluding hydrogens is 224 g/mol. The number of nitrogens with one attached hydrogen (secondary N) is 1. The molecule has 0 saturated carbocycles. The first-order chi connectivity index (χ1) is 8.88. The number of hydrogen-bond donors (Lipinski definition) is 1. The minimum Gasteiger partial charge on any atom is -0.309 e. The molecule has 1 atom stereocenters. The molecule has 1 aromatic carbocycles. The van der Waals surface area contributed by atoms with Gasteiger partial charge in [0.25, 0.3) is 0 Å². The first kappa shape index (κ1) is 11.4. The van der Waals surface area contributed by atoms with Gasteiger partial charge in [-0.15, -0.1) is 0 Å². The van der Waals surface area contributed by atoms with E-state index in [0.29, 0.717) is 5.92 Å². The predicted molar refractivity (Wildman–Crippen MR) is 70.3 cm³/mol. The number of aromatic nitrogens is 3. The van der Waals surface area contributed by atoms with Crippen molar-refractivity contribution in [1.29, 1.82) is 0 Å². The van der Waals surface area contributed by atoms with Gasteiger partial charge in [-0.2, -0.15) is 5.10 Å². The second-order valence-electron chi connectivity index (χ2n) is 4.72. The van der Waals surface area contributed by atoms with Gasteiger partial charge in [-0.25, -0.2) is 9.67 Å². The van der Waals surface area contributed by atoms with Crippen LogP contribution in [0.25, 0.3) is 0 Å². The molecule has 94 valence electrons. The molecule has 1 aliphatic carbocycles. The summed E-state index contributed by atoms with van der Waals surface area (Å²) in [5.41, 5.74) is 3.00. The minimum atomic E-state index is 0.666. The first-order valence-electron chi connectivity index (χ1n) is 6.53. The maximum Gasteiger partial charge on any atom is 0.140 e. The van der Waals surface area contributed by atoms with Crippen LogP contribution in [-0.2, 0) is 19.5 Å². The summed E-state index contributed by atoms with van der Waals surface area (Å²) in [6.45, 7) is 4.78. The van der Waals surface area contributed by atoms with Crippen LogP contribution in [0.4, 0.5) is 0 Å². The number of hydrogen-bond acceptors (Lipinski definition) is 3. The monoisotopic (exact) mass is 242 g/mol. The molecule has 4 nitrogen and oxygen atoms in total. The molecule has 0 aliphatic heterocycles. The van der Waals surface area contributed by atoms with E-state index in [9.17, 15) is 0 Å². The van der Waals surface area contributed by atoms with Gasteiger partial charge in [0.2, 0.25) is 0 Å². The van der Waals surface area contributed by atoms with E-state index in [1.807, 2.05) is 4.68 Å². The van der Waals surface area contributed by atoms with Crippen molar-refractivity contribution in [2.75, 3.05) is 6.54 Å². The maximum absolute atomic E-state index is 4.26. The molecule has 0 radical (unpaired) electrons. The smallest absolute Gasteiger partial charge is 0.140 e. The van der Waals surface area contributed by atoms with E-state index in [1.54, 1.807) is 6.33 Å². The summed E-state index contributed by atoms with van der Waals surface area (Å²) in [6, 6.07) is 8.70. The van der Waals surface area contributed by atoms with Crippen LogP contribution in [0.5, 0.6) is 0 Å². The molecule has 18 heavy (non-hydrogen) atoms. The minimum absolute atomic E-state index is 0.666. The van der Waals surface area contributed by atoms with Crippen LogP contribution in [0.15, 0.2) is 30.6 Å². The standard InChI is InChI=1S/C14H18N4/c1-2-18-14(16-10-17-18)9-15-8-12-7-11-5-3-4-6-13(11)12/h3-6,10,12,15H,2,7-9H2,1H3. The molecule has 0 bridgehead atoms. The number of rotatable bonds is 5. The third-order valence-corrected chi connectivity index (χ3v) is 3.63. The van der Waals surface area contributed by atoms with Crippen molar-refractivity contribution in [3.63, 3.8) is 0 Å². The maximum atomic E-state index is 4.26. The normalized spacial score (nSPS) is 17.3. The van der Waals surface area contributed by atoms with Crippen molar-refractivity contribution in [1.82, 2.24) is 20.1 Å². The number of fused-ring (bicyclic) bond motifs is 1. The first-order valence-corrected chi connectivity index (χ1v) is 6.53. The summed E-state index contributed by atoms with van der Waals surface area (Å²) in [7, 11) is 0. The molecule has 1 aliphatic rings. The topological polar surface area (TPSA) is 42.7 Å². The number of aryl methyl sites for hydroxylation is 1. The number of nitrogens with zero attached hydrogens (tertiary/aromatic N) is 3.